The maximum Gasteiger partial charge on any atom is 0.417 e. The lowest BCUT2D eigenvalue weighted by Gasteiger charge is -2.14. The average Bonchev–Trinajstić information content (AvgIpc) is 2.73. The average molecular weight is 555 g/mol. The molecule has 0 aliphatic heterocycles. The fraction of sp³-hybridized carbons (Fsp3) is 0.0952. The molecule has 6 nitrogen and oxygen atoms in total. The number of pyridine rings is 1. The molecule has 3 amide bonds. The van der Waals surface area contributed by atoms with E-state index in [0.29, 0.717) is 12.3 Å². The van der Waals surface area contributed by atoms with Crippen LogP contribution < -0.4 is 15.4 Å². The van der Waals surface area contributed by atoms with E-state index in [1.165, 1.54) is 12.1 Å². The van der Waals surface area contributed by atoms with Crippen molar-refractivity contribution in [1.82, 2.24) is 10.3 Å². The van der Waals surface area contributed by atoms with Gasteiger partial charge in [0.05, 0.1) is 26.3 Å². The number of aromatic nitrogens is 1. The van der Waals surface area contributed by atoms with Crippen molar-refractivity contribution in [3.8, 4) is 5.75 Å². The Balaban J connectivity index is 1.67. The first-order valence-electron chi connectivity index (χ1n) is 9.26. The zero-order chi connectivity index (χ0) is 25.9. The van der Waals surface area contributed by atoms with E-state index < -0.39 is 40.9 Å². The number of ether oxygens (including phenoxy) is 1. The maximum atomic E-state index is 13.7. The van der Waals surface area contributed by atoms with Crippen LogP contribution in [0.5, 0.6) is 5.75 Å². The molecular weight excluding hydrogens is 544 g/mol. The van der Waals surface area contributed by atoms with E-state index in [-0.39, 0.29) is 38.8 Å². The number of nitrogens with one attached hydrogen (secondary N) is 2. The molecule has 1 aromatic heterocycles. The van der Waals surface area contributed by atoms with Gasteiger partial charge in [-0.05, 0) is 30.3 Å². The second-order valence-corrected chi connectivity index (χ2v) is 7.93. The number of hydrogen-bond donors (Lipinski definition) is 2. The van der Waals surface area contributed by atoms with Gasteiger partial charge in [-0.3, -0.25) is 15.1 Å². The van der Waals surface area contributed by atoms with Crippen LogP contribution in [0.15, 0.2) is 42.6 Å². The number of amides is 3. The van der Waals surface area contributed by atoms with Gasteiger partial charge in [0.1, 0.15) is 23.8 Å². The molecule has 0 spiro atoms. The Morgan fingerprint density at radius 2 is 1.57 bits per heavy atom. The first kappa shape index (κ1) is 26.5. The van der Waals surface area contributed by atoms with Crippen LogP contribution in [0.2, 0.25) is 15.1 Å². The molecule has 2 N–H and O–H groups in total. The molecule has 0 unspecified atom stereocenters. The van der Waals surface area contributed by atoms with E-state index in [1.807, 2.05) is 0 Å². The smallest absolute Gasteiger partial charge is 0.417 e. The predicted octanol–water partition coefficient (Wildman–Crippen LogP) is 6.88. The number of anilines is 1. The summed E-state index contributed by atoms with van der Waals surface area (Å²) in [7, 11) is 0. The fourth-order valence-electron chi connectivity index (χ4n) is 2.68. The third-order valence-corrected chi connectivity index (χ3v) is 5.16. The summed E-state index contributed by atoms with van der Waals surface area (Å²) >= 11 is 18.0. The molecule has 0 saturated carbocycles. The summed E-state index contributed by atoms with van der Waals surface area (Å²) in [6, 6.07) is 4.66. The number of alkyl halides is 3. The molecule has 35 heavy (non-hydrogen) atoms. The van der Waals surface area contributed by atoms with Crippen LogP contribution in [-0.2, 0) is 12.8 Å². The van der Waals surface area contributed by atoms with Gasteiger partial charge in [-0.1, -0.05) is 40.9 Å². The highest BCUT2D eigenvalue weighted by Crippen LogP contribution is 2.37. The van der Waals surface area contributed by atoms with Crippen LogP contribution >= 0.6 is 34.8 Å². The maximum absolute atomic E-state index is 13.7. The van der Waals surface area contributed by atoms with Crippen LogP contribution in [0.3, 0.4) is 0 Å². The first-order chi connectivity index (χ1) is 16.4. The largest absolute Gasteiger partial charge is 0.484 e. The second-order valence-electron chi connectivity index (χ2n) is 6.71. The topological polar surface area (TPSA) is 80.3 Å². The molecule has 14 heteroatoms. The number of hydrogen-bond acceptors (Lipinski definition) is 4. The Kier molecular flexibility index (Phi) is 8.04. The number of carbonyl (C=O) groups is 2. The number of nitrogens with zero attached hydrogens (tertiary/aromatic N) is 1. The van der Waals surface area contributed by atoms with Crippen molar-refractivity contribution >= 4 is 52.4 Å². The standard InChI is InChI=1S/C21H11Cl3F5N3O3/c22-11-4-9(21(27,28)29)7-30-16(11)8-35-18-12(23)5-10(6-13(18)24)31-20(34)32-19(33)17-14(25)2-1-3-15(17)26/h1-7H,8H2,(H2,31,32,33,34). The zero-order valence-corrected chi connectivity index (χ0v) is 19.2. The minimum absolute atomic E-state index is 0.0163. The monoisotopic (exact) mass is 553 g/mol. The summed E-state index contributed by atoms with van der Waals surface area (Å²) in [6.45, 7) is -0.383. The Bertz CT molecular complexity index is 1260. The van der Waals surface area contributed by atoms with Gasteiger partial charge in [0.2, 0.25) is 0 Å². The highest BCUT2D eigenvalue weighted by Gasteiger charge is 2.31. The lowest BCUT2D eigenvalue weighted by Crippen LogP contribution is -2.35. The molecule has 184 valence electrons. The van der Waals surface area contributed by atoms with Crippen LogP contribution in [-0.4, -0.2) is 16.9 Å². The van der Waals surface area contributed by atoms with Crippen LogP contribution in [0.25, 0.3) is 0 Å². The van der Waals surface area contributed by atoms with Crippen molar-refractivity contribution < 1.29 is 36.3 Å². The molecule has 0 bridgehead atoms. The van der Waals surface area contributed by atoms with Crippen molar-refractivity contribution in [2.75, 3.05) is 5.32 Å². The summed E-state index contributed by atoms with van der Waals surface area (Å²) in [5.41, 5.74) is -2.02. The molecule has 3 rings (SSSR count). The fourth-order valence-corrected chi connectivity index (χ4v) is 3.50. The van der Waals surface area contributed by atoms with Crippen molar-refractivity contribution in [3.63, 3.8) is 0 Å². The summed E-state index contributed by atoms with van der Waals surface area (Å²) in [4.78, 5) is 27.7. The minimum Gasteiger partial charge on any atom is -0.484 e. The SMILES string of the molecule is O=C(NC(=O)c1c(F)cccc1F)Nc1cc(Cl)c(OCc2ncc(C(F)(F)F)cc2Cl)c(Cl)c1. The Morgan fingerprint density at radius 3 is 2.11 bits per heavy atom. The van der Waals surface area contributed by atoms with E-state index in [4.69, 9.17) is 39.5 Å². The van der Waals surface area contributed by atoms with Crippen LogP contribution in [0.4, 0.5) is 32.4 Å². The minimum atomic E-state index is -4.62. The van der Waals surface area contributed by atoms with Gasteiger partial charge in [-0.2, -0.15) is 13.2 Å². The number of urea groups is 1. The number of benzene rings is 2. The van der Waals surface area contributed by atoms with Crippen LogP contribution in [0, 0.1) is 11.6 Å². The predicted molar refractivity (Wildman–Crippen MR) is 118 cm³/mol. The normalized spacial score (nSPS) is 11.2. The molecule has 0 aliphatic rings. The highest BCUT2D eigenvalue weighted by molar-refractivity contribution is 6.37. The van der Waals surface area contributed by atoms with Crippen LogP contribution in [0.1, 0.15) is 21.6 Å². The quantitative estimate of drug-likeness (QED) is 0.337. The van der Waals surface area contributed by atoms with E-state index in [2.05, 4.69) is 10.3 Å². The number of imide groups is 1. The van der Waals surface area contributed by atoms with E-state index in [0.717, 1.165) is 18.2 Å². The molecule has 0 saturated heterocycles. The summed E-state index contributed by atoms with van der Waals surface area (Å²) < 4.78 is 70.9. The lowest BCUT2D eigenvalue weighted by atomic mass is 10.2. The zero-order valence-electron chi connectivity index (χ0n) is 16.9. The van der Waals surface area contributed by atoms with Gasteiger partial charge in [0.15, 0.2) is 5.75 Å². The second kappa shape index (κ2) is 10.6. The van der Waals surface area contributed by atoms with E-state index in [1.54, 1.807) is 5.32 Å². The number of halogens is 8. The summed E-state index contributed by atoms with van der Waals surface area (Å²) in [6.07, 6.45) is -4.03. The molecule has 0 fully saturated rings. The van der Waals surface area contributed by atoms with Crippen molar-refractivity contribution in [2.45, 2.75) is 12.8 Å². The van der Waals surface area contributed by atoms with Gasteiger partial charge in [-0.15, -0.1) is 0 Å². The molecule has 0 radical (unpaired) electrons. The molecule has 1 heterocycles. The van der Waals surface area contributed by atoms with Gasteiger partial charge in [0.25, 0.3) is 5.91 Å². The van der Waals surface area contributed by atoms with Gasteiger partial charge >= 0.3 is 12.2 Å². The Morgan fingerprint density at radius 1 is 0.971 bits per heavy atom. The third-order valence-electron chi connectivity index (χ3n) is 4.27. The van der Waals surface area contributed by atoms with E-state index >= 15 is 0 Å². The summed E-state index contributed by atoms with van der Waals surface area (Å²) in [5.74, 6) is -3.74. The highest BCUT2D eigenvalue weighted by atomic mass is 35.5. The number of rotatable bonds is 5. The van der Waals surface area contributed by atoms with Crippen molar-refractivity contribution in [2.24, 2.45) is 0 Å². The summed E-state index contributed by atoms with van der Waals surface area (Å²) in [5, 5.41) is 3.43. The lowest BCUT2D eigenvalue weighted by molar-refractivity contribution is -0.137. The van der Waals surface area contributed by atoms with Gasteiger partial charge in [0, 0.05) is 11.9 Å². The molecule has 3 aromatic rings. The molecule has 0 aliphatic carbocycles. The first-order valence-corrected chi connectivity index (χ1v) is 10.4. The van der Waals surface area contributed by atoms with E-state index in [9.17, 15) is 31.5 Å². The Hall–Kier alpha value is -3.15. The van der Waals surface area contributed by atoms with Gasteiger partial charge in [-0.25, -0.2) is 13.6 Å². The molecule has 0 atom stereocenters. The number of carbonyl (C=O) groups excluding carboxylic acids is 2. The molecule has 2 aromatic carbocycles. The van der Waals surface area contributed by atoms with Gasteiger partial charge < -0.3 is 10.1 Å². The van der Waals surface area contributed by atoms with Crippen molar-refractivity contribution in [3.05, 3.63) is 86.1 Å². The third kappa shape index (κ3) is 6.50. The molecular formula is C21H11Cl3F5N3O3. The Labute approximate surface area is 208 Å². The van der Waals surface area contributed by atoms with Crippen molar-refractivity contribution in [1.29, 1.82) is 0 Å².